The van der Waals surface area contributed by atoms with Gasteiger partial charge in [-0.25, -0.2) is 9.07 Å². The second-order valence-electron chi connectivity index (χ2n) is 9.74. The van der Waals surface area contributed by atoms with Crippen molar-refractivity contribution in [3.05, 3.63) is 99.9 Å². The van der Waals surface area contributed by atoms with Crippen molar-refractivity contribution in [3.8, 4) is 6.07 Å². The SMILES string of the molecule is N#Cc1cnc2c(Cl)cc(NC(c3cccnc3)c3cn(C4CCNCC4)nn3)cc2c1Nc1ccc(F)c(Cl)c1. The zero-order valence-corrected chi connectivity index (χ0v) is 23.2. The molecule has 1 unspecified atom stereocenters. The molecule has 1 saturated heterocycles. The number of hydrogen-bond acceptors (Lipinski definition) is 8. The summed E-state index contributed by atoms with van der Waals surface area (Å²) in [4.78, 5) is 8.74. The van der Waals surface area contributed by atoms with E-state index in [4.69, 9.17) is 23.2 Å². The highest BCUT2D eigenvalue weighted by Gasteiger charge is 2.23. The van der Waals surface area contributed by atoms with E-state index < -0.39 is 5.82 Å². The fourth-order valence-electron chi connectivity index (χ4n) is 4.99. The highest BCUT2D eigenvalue weighted by molar-refractivity contribution is 6.36. The molecule has 3 aromatic heterocycles. The third-order valence-corrected chi connectivity index (χ3v) is 7.65. The number of benzene rings is 2. The van der Waals surface area contributed by atoms with Crippen LogP contribution in [0.15, 0.2) is 67.3 Å². The number of nitriles is 1. The maximum absolute atomic E-state index is 13.8. The van der Waals surface area contributed by atoms with Gasteiger partial charge in [0.25, 0.3) is 0 Å². The molecule has 0 bridgehead atoms. The fourth-order valence-corrected chi connectivity index (χ4v) is 5.44. The van der Waals surface area contributed by atoms with Crippen LogP contribution in [0.3, 0.4) is 0 Å². The molecule has 2 aromatic carbocycles. The van der Waals surface area contributed by atoms with Gasteiger partial charge in [0.15, 0.2) is 0 Å². The van der Waals surface area contributed by atoms with Gasteiger partial charge < -0.3 is 16.0 Å². The van der Waals surface area contributed by atoms with E-state index in [0.717, 1.165) is 37.2 Å². The Balaban J connectivity index is 1.41. The first-order chi connectivity index (χ1) is 20.0. The molecular formula is C29H24Cl2FN9. The first kappa shape index (κ1) is 26.9. The van der Waals surface area contributed by atoms with Crippen molar-refractivity contribution in [2.45, 2.75) is 24.9 Å². The minimum atomic E-state index is -0.537. The molecule has 1 fully saturated rings. The van der Waals surface area contributed by atoms with E-state index in [9.17, 15) is 9.65 Å². The molecule has 4 heterocycles. The summed E-state index contributed by atoms with van der Waals surface area (Å²) in [5, 5.41) is 29.9. The molecule has 1 atom stereocenters. The highest BCUT2D eigenvalue weighted by atomic mass is 35.5. The van der Waals surface area contributed by atoms with Gasteiger partial charge in [0, 0.05) is 35.4 Å². The average molecular weight is 588 g/mol. The lowest BCUT2D eigenvalue weighted by atomic mass is 10.0. The van der Waals surface area contributed by atoms with Gasteiger partial charge in [0.05, 0.1) is 45.1 Å². The van der Waals surface area contributed by atoms with E-state index >= 15 is 0 Å². The van der Waals surface area contributed by atoms with Crippen molar-refractivity contribution in [1.82, 2.24) is 30.3 Å². The summed E-state index contributed by atoms with van der Waals surface area (Å²) >= 11 is 12.7. The Kier molecular flexibility index (Phi) is 7.65. The summed E-state index contributed by atoms with van der Waals surface area (Å²) in [7, 11) is 0. The van der Waals surface area contributed by atoms with Crippen LogP contribution in [-0.2, 0) is 0 Å². The number of anilines is 3. The van der Waals surface area contributed by atoms with Gasteiger partial charge in [-0.2, -0.15) is 5.26 Å². The third-order valence-electron chi connectivity index (χ3n) is 7.07. The van der Waals surface area contributed by atoms with E-state index in [0.29, 0.717) is 38.6 Å². The molecule has 0 aliphatic carbocycles. The van der Waals surface area contributed by atoms with Gasteiger partial charge in [-0.15, -0.1) is 5.10 Å². The van der Waals surface area contributed by atoms with Crippen LogP contribution in [0.4, 0.5) is 21.5 Å². The largest absolute Gasteiger partial charge is 0.373 e. The summed E-state index contributed by atoms with van der Waals surface area (Å²) in [5.41, 5.74) is 4.07. The molecule has 5 aromatic rings. The molecule has 1 aliphatic rings. The highest BCUT2D eigenvalue weighted by Crippen LogP contribution is 2.37. The van der Waals surface area contributed by atoms with Crippen molar-refractivity contribution in [3.63, 3.8) is 0 Å². The smallest absolute Gasteiger partial charge is 0.141 e. The monoisotopic (exact) mass is 587 g/mol. The van der Waals surface area contributed by atoms with Gasteiger partial charge in [0.1, 0.15) is 17.6 Å². The number of piperidine rings is 1. The molecule has 0 spiro atoms. The second kappa shape index (κ2) is 11.7. The Labute approximate surface area is 245 Å². The van der Waals surface area contributed by atoms with Gasteiger partial charge in [0.2, 0.25) is 0 Å². The van der Waals surface area contributed by atoms with Crippen LogP contribution in [0.2, 0.25) is 10.0 Å². The average Bonchev–Trinajstić information content (AvgIpc) is 3.49. The predicted molar refractivity (Wildman–Crippen MR) is 157 cm³/mol. The zero-order valence-electron chi connectivity index (χ0n) is 21.7. The standard InChI is InChI=1S/C29H24Cl2FN9/c30-23-11-19(3-4-25(23)32)37-27-18(13-33)15-36-29-22(27)10-20(12-24(29)31)38-28(17-2-1-7-35-14-17)26-16-41(40-39-26)21-5-8-34-9-6-21/h1-4,7,10-12,14-16,21,28,34,38H,5-6,8-9H2,(H,36,37). The summed E-state index contributed by atoms with van der Waals surface area (Å²) in [6.45, 7) is 1.89. The number of nitrogens with zero attached hydrogens (tertiary/aromatic N) is 6. The van der Waals surface area contributed by atoms with Gasteiger partial charge >= 0.3 is 0 Å². The maximum atomic E-state index is 13.8. The van der Waals surface area contributed by atoms with E-state index in [2.05, 4.69) is 42.3 Å². The molecular weight excluding hydrogens is 564 g/mol. The minimum Gasteiger partial charge on any atom is -0.373 e. The first-order valence-electron chi connectivity index (χ1n) is 13.0. The number of aromatic nitrogens is 5. The lowest BCUT2D eigenvalue weighted by Gasteiger charge is -2.22. The molecule has 0 amide bonds. The predicted octanol–water partition coefficient (Wildman–Crippen LogP) is 6.41. The Morgan fingerprint density at radius 1 is 1.07 bits per heavy atom. The molecule has 0 saturated carbocycles. The van der Waals surface area contributed by atoms with Crippen LogP contribution < -0.4 is 16.0 Å². The van der Waals surface area contributed by atoms with Crippen LogP contribution in [0.1, 0.15) is 41.7 Å². The topological polar surface area (TPSA) is 116 Å². The summed E-state index contributed by atoms with van der Waals surface area (Å²) < 4.78 is 15.7. The lowest BCUT2D eigenvalue weighted by Crippen LogP contribution is -2.29. The number of halogens is 3. The molecule has 0 radical (unpaired) electrons. The number of fused-ring (bicyclic) bond motifs is 1. The Morgan fingerprint density at radius 2 is 1.90 bits per heavy atom. The summed E-state index contributed by atoms with van der Waals surface area (Å²) in [6, 6.07) is 13.8. The molecule has 3 N–H and O–H groups in total. The Bertz CT molecular complexity index is 1750. The summed E-state index contributed by atoms with van der Waals surface area (Å²) in [6.07, 6.45) is 8.89. The van der Waals surface area contributed by atoms with Crippen LogP contribution in [0.5, 0.6) is 0 Å². The molecule has 41 heavy (non-hydrogen) atoms. The van der Waals surface area contributed by atoms with Crippen molar-refractivity contribution in [2.75, 3.05) is 23.7 Å². The van der Waals surface area contributed by atoms with Gasteiger partial charge in [-0.3, -0.25) is 9.97 Å². The number of pyridine rings is 2. The molecule has 9 nitrogen and oxygen atoms in total. The van der Waals surface area contributed by atoms with Crippen molar-refractivity contribution in [1.29, 1.82) is 5.26 Å². The van der Waals surface area contributed by atoms with Crippen LogP contribution >= 0.6 is 23.2 Å². The molecule has 206 valence electrons. The van der Waals surface area contributed by atoms with Crippen molar-refractivity contribution in [2.24, 2.45) is 0 Å². The van der Waals surface area contributed by atoms with Crippen molar-refractivity contribution < 1.29 is 4.39 Å². The normalized spacial score (nSPS) is 14.5. The second-order valence-corrected chi connectivity index (χ2v) is 10.5. The van der Waals surface area contributed by atoms with E-state index in [-0.39, 0.29) is 17.1 Å². The van der Waals surface area contributed by atoms with Gasteiger partial charge in [-0.05, 0) is 67.9 Å². The van der Waals surface area contributed by atoms with E-state index in [1.807, 2.05) is 29.1 Å². The number of rotatable bonds is 7. The molecule has 6 rings (SSSR count). The Hall–Kier alpha value is -4.30. The zero-order chi connectivity index (χ0) is 28.3. The molecule has 12 heteroatoms. The summed E-state index contributed by atoms with van der Waals surface area (Å²) in [5.74, 6) is -0.537. The van der Waals surface area contributed by atoms with Crippen LogP contribution in [0, 0.1) is 17.1 Å². The van der Waals surface area contributed by atoms with Crippen LogP contribution in [-0.4, -0.2) is 38.1 Å². The first-order valence-corrected chi connectivity index (χ1v) is 13.8. The maximum Gasteiger partial charge on any atom is 0.141 e. The number of hydrogen-bond donors (Lipinski definition) is 3. The minimum absolute atomic E-state index is 0.0379. The number of nitrogens with one attached hydrogen (secondary N) is 3. The van der Waals surface area contributed by atoms with Crippen molar-refractivity contribution >= 4 is 51.2 Å². The Morgan fingerprint density at radius 3 is 2.66 bits per heavy atom. The lowest BCUT2D eigenvalue weighted by molar-refractivity contribution is 0.337. The quantitative estimate of drug-likeness (QED) is 0.200. The third kappa shape index (κ3) is 5.65. The van der Waals surface area contributed by atoms with E-state index in [1.54, 1.807) is 24.5 Å². The van der Waals surface area contributed by atoms with E-state index in [1.165, 1.54) is 18.3 Å². The fraction of sp³-hybridized carbons (Fsp3) is 0.207. The van der Waals surface area contributed by atoms with Gasteiger partial charge in [-0.1, -0.05) is 34.5 Å². The molecule has 1 aliphatic heterocycles. The van der Waals surface area contributed by atoms with Crippen LogP contribution in [0.25, 0.3) is 10.9 Å².